The van der Waals surface area contributed by atoms with Gasteiger partial charge in [-0.3, -0.25) is 4.99 Å². The standard InChI is InChI=1S/C20H38N4O2/c1-4-21-20(22-13-8-6-5-7-9-15-24(2)3)23-14-11-16-25-18-19-12-10-17-26-19/h10,12,17H,4-9,11,13-16,18H2,1-3H3,(H2,21,22,23). The molecule has 2 N–H and O–H groups in total. The second-order valence-corrected chi connectivity index (χ2v) is 6.74. The molecule has 0 aliphatic rings. The van der Waals surface area contributed by atoms with Crippen LogP contribution in [0.15, 0.2) is 27.8 Å². The first kappa shape index (κ1) is 22.5. The van der Waals surface area contributed by atoms with Crippen LogP contribution in [0.1, 0.15) is 51.2 Å². The van der Waals surface area contributed by atoms with E-state index < -0.39 is 0 Å². The lowest BCUT2D eigenvalue weighted by molar-refractivity contribution is 0.105. The molecule has 0 aliphatic heterocycles. The summed E-state index contributed by atoms with van der Waals surface area (Å²) in [7, 11) is 4.27. The zero-order valence-corrected chi connectivity index (χ0v) is 16.9. The van der Waals surface area contributed by atoms with Gasteiger partial charge in [0.1, 0.15) is 12.4 Å². The molecule has 150 valence electrons. The summed E-state index contributed by atoms with van der Waals surface area (Å²) in [6.07, 6.45) is 8.98. The molecule has 1 heterocycles. The molecule has 0 unspecified atom stereocenters. The Bertz CT molecular complexity index is 447. The van der Waals surface area contributed by atoms with Crippen LogP contribution in [0.4, 0.5) is 0 Å². The highest BCUT2D eigenvalue weighted by molar-refractivity contribution is 5.79. The fraction of sp³-hybridized carbons (Fsp3) is 0.750. The van der Waals surface area contributed by atoms with Crippen LogP contribution in [-0.2, 0) is 11.3 Å². The quantitative estimate of drug-likeness (QED) is 0.283. The van der Waals surface area contributed by atoms with E-state index in [1.165, 1.54) is 38.6 Å². The van der Waals surface area contributed by atoms with Crippen molar-refractivity contribution in [1.29, 1.82) is 0 Å². The molecule has 0 aromatic carbocycles. The highest BCUT2D eigenvalue weighted by Gasteiger charge is 1.98. The highest BCUT2D eigenvalue weighted by Crippen LogP contribution is 2.03. The maximum atomic E-state index is 5.57. The van der Waals surface area contributed by atoms with Gasteiger partial charge in [-0.05, 0) is 59.0 Å². The highest BCUT2D eigenvalue weighted by atomic mass is 16.5. The third kappa shape index (κ3) is 12.8. The molecule has 0 saturated carbocycles. The van der Waals surface area contributed by atoms with Crippen molar-refractivity contribution in [3.05, 3.63) is 24.2 Å². The average molecular weight is 367 g/mol. The van der Waals surface area contributed by atoms with Gasteiger partial charge in [0, 0.05) is 26.2 Å². The molecule has 0 radical (unpaired) electrons. The molecule has 0 aliphatic carbocycles. The number of nitrogens with one attached hydrogen (secondary N) is 2. The molecule has 1 aromatic rings. The van der Waals surface area contributed by atoms with Gasteiger partial charge < -0.3 is 24.7 Å². The monoisotopic (exact) mass is 366 g/mol. The minimum atomic E-state index is 0.531. The lowest BCUT2D eigenvalue weighted by Gasteiger charge is -2.11. The van der Waals surface area contributed by atoms with Crippen LogP contribution in [0.2, 0.25) is 0 Å². The Labute approximate surface area is 159 Å². The second-order valence-electron chi connectivity index (χ2n) is 6.74. The summed E-state index contributed by atoms with van der Waals surface area (Å²) >= 11 is 0. The van der Waals surface area contributed by atoms with Crippen molar-refractivity contribution in [2.45, 2.75) is 52.1 Å². The third-order valence-corrected chi connectivity index (χ3v) is 3.96. The predicted molar refractivity (Wildman–Crippen MR) is 109 cm³/mol. The molecule has 0 fully saturated rings. The van der Waals surface area contributed by atoms with Crippen LogP contribution < -0.4 is 10.6 Å². The lowest BCUT2D eigenvalue weighted by atomic mass is 10.1. The number of furan rings is 1. The Morgan fingerprint density at radius 3 is 2.65 bits per heavy atom. The van der Waals surface area contributed by atoms with E-state index in [1.54, 1.807) is 6.26 Å². The molecule has 0 atom stereocenters. The fourth-order valence-electron chi connectivity index (χ4n) is 2.56. The number of guanidine groups is 1. The van der Waals surface area contributed by atoms with Crippen molar-refractivity contribution < 1.29 is 9.15 Å². The van der Waals surface area contributed by atoms with Gasteiger partial charge in [-0.25, -0.2) is 0 Å². The van der Waals surface area contributed by atoms with E-state index in [4.69, 9.17) is 9.15 Å². The Kier molecular flexibility index (Phi) is 13.6. The summed E-state index contributed by atoms with van der Waals surface area (Å²) in [4.78, 5) is 6.85. The van der Waals surface area contributed by atoms with Crippen LogP contribution in [0, 0.1) is 0 Å². The molecule has 0 saturated heterocycles. The van der Waals surface area contributed by atoms with Crippen molar-refractivity contribution in [3.8, 4) is 0 Å². The molecule has 1 rings (SSSR count). The molecule has 6 heteroatoms. The number of hydrogen-bond donors (Lipinski definition) is 2. The average Bonchev–Trinajstić information content (AvgIpc) is 3.13. The minimum absolute atomic E-state index is 0.531. The molecule has 6 nitrogen and oxygen atoms in total. The maximum Gasteiger partial charge on any atom is 0.191 e. The summed E-state index contributed by atoms with van der Waals surface area (Å²) < 4.78 is 10.8. The van der Waals surface area contributed by atoms with Crippen molar-refractivity contribution >= 4 is 5.96 Å². The van der Waals surface area contributed by atoms with E-state index >= 15 is 0 Å². The summed E-state index contributed by atoms with van der Waals surface area (Å²) in [5.41, 5.74) is 0. The van der Waals surface area contributed by atoms with Gasteiger partial charge in [0.05, 0.1) is 6.26 Å². The normalized spacial score (nSPS) is 11.9. The van der Waals surface area contributed by atoms with Crippen LogP contribution in [-0.4, -0.2) is 57.7 Å². The van der Waals surface area contributed by atoms with Crippen molar-refractivity contribution in [1.82, 2.24) is 15.5 Å². The van der Waals surface area contributed by atoms with E-state index in [1.807, 2.05) is 12.1 Å². The van der Waals surface area contributed by atoms with E-state index in [0.717, 1.165) is 37.8 Å². The first-order valence-corrected chi connectivity index (χ1v) is 9.99. The van der Waals surface area contributed by atoms with Gasteiger partial charge in [0.15, 0.2) is 5.96 Å². The SMILES string of the molecule is CCNC(=NCCCOCc1ccco1)NCCCCCCCN(C)C. The zero-order chi connectivity index (χ0) is 18.9. The van der Waals surface area contributed by atoms with Gasteiger partial charge in [0.25, 0.3) is 0 Å². The smallest absolute Gasteiger partial charge is 0.191 e. The topological polar surface area (TPSA) is 62.0 Å². The van der Waals surface area contributed by atoms with Crippen molar-refractivity contribution in [3.63, 3.8) is 0 Å². The molecular weight excluding hydrogens is 328 g/mol. The molecule has 0 bridgehead atoms. The predicted octanol–water partition coefficient (Wildman–Crippen LogP) is 3.25. The Morgan fingerprint density at radius 1 is 1.12 bits per heavy atom. The molecule has 1 aromatic heterocycles. The fourth-order valence-corrected chi connectivity index (χ4v) is 2.56. The molecule has 26 heavy (non-hydrogen) atoms. The molecular formula is C20H38N4O2. The van der Waals surface area contributed by atoms with Gasteiger partial charge in [-0.2, -0.15) is 0 Å². The second kappa shape index (κ2) is 15.7. The van der Waals surface area contributed by atoms with Crippen LogP contribution in [0.3, 0.4) is 0 Å². The number of hydrogen-bond acceptors (Lipinski definition) is 4. The number of nitrogens with zero attached hydrogens (tertiary/aromatic N) is 2. The maximum absolute atomic E-state index is 5.57. The number of rotatable bonds is 15. The van der Waals surface area contributed by atoms with Crippen LogP contribution >= 0.6 is 0 Å². The Balaban J connectivity index is 2.01. The van der Waals surface area contributed by atoms with Crippen LogP contribution in [0.5, 0.6) is 0 Å². The Hall–Kier alpha value is -1.53. The largest absolute Gasteiger partial charge is 0.467 e. The Morgan fingerprint density at radius 2 is 1.92 bits per heavy atom. The van der Waals surface area contributed by atoms with E-state index in [9.17, 15) is 0 Å². The minimum Gasteiger partial charge on any atom is -0.467 e. The van der Waals surface area contributed by atoms with Crippen molar-refractivity contribution in [2.75, 3.05) is 46.9 Å². The number of aliphatic imine (C=N–C) groups is 1. The van der Waals surface area contributed by atoms with E-state index in [0.29, 0.717) is 13.2 Å². The molecule has 0 spiro atoms. The van der Waals surface area contributed by atoms with Gasteiger partial charge in [-0.15, -0.1) is 0 Å². The van der Waals surface area contributed by atoms with E-state index in [2.05, 4.69) is 41.5 Å². The number of ether oxygens (including phenoxy) is 1. The molecule has 0 amide bonds. The van der Waals surface area contributed by atoms with Gasteiger partial charge in [0.2, 0.25) is 0 Å². The zero-order valence-electron chi connectivity index (χ0n) is 16.9. The van der Waals surface area contributed by atoms with Crippen LogP contribution in [0.25, 0.3) is 0 Å². The van der Waals surface area contributed by atoms with E-state index in [-0.39, 0.29) is 0 Å². The first-order chi connectivity index (χ1) is 12.7. The van der Waals surface area contributed by atoms with Gasteiger partial charge >= 0.3 is 0 Å². The first-order valence-electron chi connectivity index (χ1n) is 9.99. The van der Waals surface area contributed by atoms with Crippen molar-refractivity contribution in [2.24, 2.45) is 4.99 Å². The summed E-state index contributed by atoms with van der Waals surface area (Å²) in [5, 5.41) is 6.72. The summed E-state index contributed by atoms with van der Waals surface area (Å²) in [6, 6.07) is 3.80. The van der Waals surface area contributed by atoms with Gasteiger partial charge in [-0.1, -0.05) is 19.3 Å². The lowest BCUT2D eigenvalue weighted by Crippen LogP contribution is -2.37. The summed E-state index contributed by atoms with van der Waals surface area (Å²) in [5.74, 6) is 1.77. The summed E-state index contributed by atoms with van der Waals surface area (Å²) in [6.45, 7) is 7.13. The third-order valence-electron chi connectivity index (χ3n) is 3.96. The number of unbranched alkanes of at least 4 members (excludes halogenated alkanes) is 4.